The van der Waals surface area contributed by atoms with E-state index in [0.29, 0.717) is 26.9 Å². The molecule has 0 amide bonds. The highest BCUT2D eigenvalue weighted by Crippen LogP contribution is 2.25. The number of nitrogens with zero attached hydrogens (tertiary/aromatic N) is 2. The van der Waals surface area contributed by atoms with Crippen LogP contribution in [0.25, 0.3) is 16.9 Å². The summed E-state index contributed by atoms with van der Waals surface area (Å²) in [5, 5.41) is 0.356. The molecule has 138 valence electrons. The summed E-state index contributed by atoms with van der Waals surface area (Å²) >= 11 is 6.22. The van der Waals surface area contributed by atoms with Crippen LogP contribution in [0.3, 0.4) is 0 Å². The number of hydrogen-bond acceptors (Lipinski definition) is 3. The van der Waals surface area contributed by atoms with Crippen molar-refractivity contribution in [1.82, 2.24) is 9.55 Å². The maximum atomic E-state index is 13.2. The normalized spacial score (nSPS) is 11.9. The monoisotopic (exact) mass is 406 g/mol. The van der Waals surface area contributed by atoms with E-state index in [9.17, 15) is 9.00 Å². The molecule has 4 aromatic rings. The Morgan fingerprint density at radius 2 is 1.57 bits per heavy atom. The van der Waals surface area contributed by atoms with Crippen LogP contribution in [0.1, 0.15) is 0 Å². The Hall–Kier alpha value is -3.02. The summed E-state index contributed by atoms with van der Waals surface area (Å²) in [5.41, 5.74) is 1.70. The molecule has 28 heavy (non-hydrogen) atoms. The summed E-state index contributed by atoms with van der Waals surface area (Å²) in [5.74, 6) is 0. The zero-order valence-corrected chi connectivity index (χ0v) is 16.2. The molecule has 2 heterocycles. The van der Waals surface area contributed by atoms with Gasteiger partial charge in [-0.15, -0.1) is 0 Å². The zero-order valence-electron chi connectivity index (χ0n) is 14.7. The van der Waals surface area contributed by atoms with Crippen molar-refractivity contribution in [2.75, 3.05) is 0 Å². The lowest BCUT2D eigenvalue weighted by Crippen LogP contribution is -2.23. The second-order valence-electron chi connectivity index (χ2n) is 6.02. The van der Waals surface area contributed by atoms with Gasteiger partial charge in [-0.2, -0.15) is 0 Å². The molecule has 0 saturated carbocycles. The molecule has 4 nitrogen and oxygen atoms in total. The predicted octanol–water partition coefficient (Wildman–Crippen LogP) is 4.72. The number of halogens is 1. The number of hydrogen-bond donors (Lipinski definition) is 0. The van der Waals surface area contributed by atoms with E-state index in [-0.39, 0.29) is 10.5 Å². The third kappa shape index (κ3) is 3.54. The SMILES string of the molecule is O=c1c(S(=O)c2ccccc2Cl)cc(-c2ccccn2)cn1-c1ccccc1. The summed E-state index contributed by atoms with van der Waals surface area (Å²) < 4.78 is 14.7. The molecule has 0 fully saturated rings. The van der Waals surface area contributed by atoms with Gasteiger partial charge in [-0.1, -0.05) is 48.0 Å². The molecule has 1 atom stereocenters. The van der Waals surface area contributed by atoms with Crippen molar-refractivity contribution in [3.05, 3.63) is 107 Å². The number of rotatable bonds is 4. The van der Waals surface area contributed by atoms with Gasteiger partial charge < -0.3 is 0 Å². The molecule has 0 aliphatic carbocycles. The van der Waals surface area contributed by atoms with Crippen molar-refractivity contribution in [1.29, 1.82) is 0 Å². The molecule has 2 aromatic heterocycles. The molecule has 0 radical (unpaired) electrons. The minimum atomic E-state index is -1.73. The van der Waals surface area contributed by atoms with Gasteiger partial charge in [-0.05, 0) is 42.5 Å². The van der Waals surface area contributed by atoms with E-state index in [1.54, 1.807) is 42.7 Å². The van der Waals surface area contributed by atoms with Gasteiger partial charge in [-0.3, -0.25) is 14.3 Å². The van der Waals surface area contributed by atoms with Crippen molar-refractivity contribution >= 4 is 22.4 Å². The Bertz CT molecular complexity index is 1210. The maximum Gasteiger partial charge on any atom is 0.271 e. The molecule has 4 rings (SSSR count). The highest BCUT2D eigenvalue weighted by Gasteiger charge is 2.18. The topological polar surface area (TPSA) is 52.0 Å². The lowest BCUT2D eigenvalue weighted by Gasteiger charge is -2.12. The first-order chi connectivity index (χ1) is 13.6. The van der Waals surface area contributed by atoms with Crippen molar-refractivity contribution < 1.29 is 4.21 Å². The molecular formula is C22H15ClN2O2S. The lowest BCUT2D eigenvalue weighted by molar-refractivity contribution is 0.681. The first-order valence-corrected chi connectivity index (χ1v) is 10.1. The smallest absolute Gasteiger partial charge is 0.271 e. The van der Waals surface area contributed by atoms with Gasteiger partial charge in [0.15, 0.2) is 0 Å². The quantitative estimate of drug-likeness (QED) is 0.492. The van der Waals surface area contributed by atoms with Crippen LogP contribution >= 0.6 is 11.6 Å². The highest BCUT2D eigenvalue weighted by atomic mass is 35.5. The van der Waals surface area contributed by atoms with Crippen LogP contribution in [0.15, 0.2) is 106 Å². The maximum absolute atomic E-state index is 13.2. The van der Waals surface area contributed by atoms with Crippen LogP contribution in [0.4, 0.5) is 0 Å². The van der Waals surface area contributed by atoms with E-state index in [2.05, 4.69) is 4.98 Å². The number of benzene rings is 2. The molecule has 0 bridgehead atoms. The van der Waals surface area contributed by atoms with Crippen LogP contribution in [-0.2, 0) is 10.8 Å². The minimum Gasteiger partial charge on any atom is -0.283 e. The summed E-state index contributed by atoms with van der Waals surface area (Å²) in [6.07, 6.45) is 3.39. The minimum absolute atomic E-state index is 0.153. The fourth-order valence-electron chi connectivity index (χ4n) is 2.86. The van der Waals surface area contributed by atoms with Crippen molar-refractivity contribution in [2.24, 2.45) is 0 Å². The molecule has 0 saturated heterocycles. The third-order valence-corrected chi connectivity index (χ3v) is 6.10. The van der Waals surface area contributed by atoms with E-state index in [4.69, 9.17) is 11.6 Å². The van der Waals surface area contributed by atoms with E-state index < -0.39 is 10.8 Å². The Labute approximate surface area is 169 Å². The standard InChI is InChI=1S/C22H15ClN2O2S/c23-18-10-4-5-12-20(18)28(27)21-14-16(19-11-6-7-13-24-19)15-25(22(21)26)17-8-2-1-3-9-17/h1-15H. The Morgan fingerprint density at radius 1 is 0.857 bits per heavy atom. The summed E-state index contributed by atoms with van der Waals surface area (Å²) in [6.45, 7) is 0. The summed E-state index contributed by atoms with van der Waals surface area (Å²) in [4.78, 5) is 18.1. The summed E-state index contributed by atoms with van der Waals surface area (Å²) in [7, 11) is -1.73. The molecular weight excluding hydrogens is 392 g/mol. The first-order valence-electron chi connectivity index (χ1n) is 8.55. The predicted molar refractivity (Wildman–Crippen MR) is 111 cm³/mol. The molecule has 0 aliphatic rings. The van der Waals surface area contributed by atoms with E-state index in [1.165, 1.54) is 4.57 Å². The highest BCUT2D eigenvalue weighted by molar-refractivity contribution is 7.85. The van der Waals surface area contributed by atoms with Crippen molar-refractivity contribution in [3.8, 4) is 16.9 Å². The fraction of sp³-hybridized carbons (Fsp3) is 0. The molecule has 0 aliphatic heterocycles. The first kappa shape index (κ1) is 18.3. The Balaban J connectivity index is 1.97. The van der Waals surface area contributed by atoms with Gasteiger partial charge in [-0.25, -0.2) is 4.21 Å². The Morgan fingerprint density at radius 3 is 2.29 bits per heavy atom. The average Bonchev–Trinajstić information content (AvgIpc) is 2.75. The molecule has 1 unspecified atom stereocenters. The average molecular weight is 407 g/mol. The molecule has 0 spiro atoms. The summed E-state index contributed by atoms with van der Waals surface area (Å²) in [6, 6.07) is 23.2. The molecule has 0 N–H and O–H groups in total. The van der Waals surface area contributed by atoms with Crippen LogP contribution in [0.2, 0.25) is 5.02 Å². The van der Waals surface area contributed by atoms with Gasteiger partial charge in [0.05, 0.1) is 26.4 Å². The Kier molecular flexibility index (Phi) is 5.19. The van der Waals surface area contributed by atoms with Crippen LogP contribution in [-0.4, -0.2) is 13.8 Å². The lowest BCUT2D eigenvalue weighted by atomic mass is 10.2. The fourth-order valence-corrected chi connectivity index (χ4v) is 4.38. The number of aromatic nitrogens is 2. The van der Waals surface area contributed by atoms with Crippen LogP contribution < -0.4 is 5.56 Å². The van der Waals surface area contributed by atoms with Crippen molar-refractivity contribution in [2.45, 2.75) is 9.79 Å². The van der Waals surface area contributed by atoms with Crippen molar-refractivity contribution in [3.63, 3.8) is 0 Å². The van der Waals surface area contributed by atoms with E-state index >= 15 is 0 Å². The van der Waals surface area contributed by atoms with Gasteiger partial charge in [0, 0.05) is 23.6 Å². The van der Waals surface area contributed by atoms with Gasteiger partial charge >= 0.3 is 0 Å². The van der Waals surface area contributed by atoms with Gasteiger partial charge in [0.25, 0.3) is 5.56 Å². The number of pyridine rings is 2. The van der Waals surface area contributed by atoms with Crippen LogP contribution in [0, 0.1) is 0 Å². The van der Waals surface area contributed by atoms with Gasteiger partial charge in [0.2, 0.25) is 0 Å². The van der Waals surface area contributed by atoms with E-state index in [1.807, 2.05) is 48.5 Å². The molecule has 2 aromatic carbocycles. The van der Waals surface area contributed by atoms with Crippen LogP contribution in [0.5, 0.6) is 0 Å². The largest absolute Gasteiger partial charge is 0.283 e. The molecule has 6 heteroatoms. The third-order valence-electron chi connectivity index (χ3n) is 4.22. The van der Waals surface area contributed by atoms with E-state index in [0.717, 1.165) is 0 Å². The second kappa shape index (κ2) is 7.92. The second-order valence-corrected chi connectivity index (χ2v) is 7.84. The zero-order chi connectivity index (χ0) is 19.5. The number of para-hydroxylation sites is 1. The van der Waals surface area contributed by atoms with Gasteiger partial charge in [0.1, 0.15) is 4.90 Å².